The number of aromatic nitrogens is 1. The summed E-state index contributed by atoms with van der Waals surface area (Å²) in [6.07, 6.45) is 2.61. The second-order valence-corrected chi connectivity index (χ2v) is 13.9. The number of rotatable bonds is 16. The number of carbonyl (C=O) groups is 4. The van der Waals surface area contributed by atoms with Crippen LogP contribution in [0.2, 0.25) is 0 Å². The Morgan fingerprint density at radius 3 is 2.20 bits per heavy atom. The molecule has 1 heterocycles. The van der Waals surface area contributed by atoms with Crippen LogP contribution in [0.25, 0.3) is 10.8 Å². The number of amides is 4. The van der Waals surface area contributed by atoms with Crippen molar-refractivity contribution in [3.05, 3.63) is 143 Å². The highest BCUT2D eigenvalue weighted by Crippen LogP contribution is 2.22. The monoisotopic (exact) mass is 763 g/mol. The number of aliphatic hydroxyl groups is 1. The molecule has 4 amide bonds. The number of pyridine rings is 1. The van der Waals surface area contributed by atoms with E-state index in [1.54, 1.807) is 55.0 Å². The zero-order valence-electron chi connectivity index (χ0n) is 30.9. The van der Waals surface area contributed by atoms with Crippen LogP contribution in [-0.4, -0.2) is 75.7 Å². The summed E-state index contributed by atoms with van der Waals surface area (Å²) >= 11 is 1.32. The molecule has 1 aromatic heterocycles. The molecule has 0 radical (unpaired) electrons. The first-order valence-corrected chi connectivity index (χ1v) is 19.1. The number of hydrogen-bond donors (Lipinski definition) is 4. The van der Waals surface area contributed by atoms with Gasteiger partial charge in [-0.05, 0) is 65.8 Å². The number of nitrogens with zero attached hydrogens (tertiary/aromatic N) is 2. The molecule has 4 aromatic carbocycles. The van der Waals surface area contributed by atoms with Crippen LogP contribution in [0.3, 0.4) is 0 Å². The van der Waals surface area contributed by atoms with E-state index in [9.17, 15) is 24.3 Å². The number of carbonyl (C=O) groups excluding carboxylic acids is 4. The predicted molar refractivity (Wildman–Crippen MR) is 212 cm³/mol. The number of ether oxygens (including phenoxy) is 2. The fourth-order valence-electron chi connectivity index (χ4n) is 6.00. The summed E-state index contributed by atoms with van der Waals surface area (Å²) in [4.78, 5) is 58.4. The summed E-state index contributed by atoms with van der Waals surface area (Å²) in [5, 5.41) is 20.0. The van der Waals surface area contributed by atoms with Crippen molar-refractivity contribution in [2.24, 2.45) is 0 Å². The van der Waals surface area contributed by atoms with Crippen molar-refractivity contribution in [2.45, 2.75) is 51.6 Å². The maximum atomic E-state index is 14.1. The Morgan fingerprint density at radius 1 is 0.836 bits per heavy atom. The third kappa shape index (κ3) is 11.5. The average Bonchev–Trinajstić information content (AvgIpc) is 3.19. The number of hydrogen-bond acceptors (Lipinski definition) is 9. The third-order valence-electron chi connectivity index (χ3n) is 8.80. The zero-order chi connectivity index (χ0) is 39.2. The lowest BCUT2D eigenvalue weighted by Crippen LogP contribution is -2.59. The number of hydrazine groups is 1. The first kappa shape index (κ1) is 40.3. The highest BCUT2D eigenvalue weighted by atomic mass is 32.2. The van der Waals surface area contributed by atoms with Crippen molar-refractivity contribution >= 4 is 46.3 Å². The van der Waals surface area contributed by atoms with Crippen LogP contribution in [0.5, 0.6) is 5.75 Å². The molecule has 286 valence electrons. The Labute approximate surface area is 324 Å². The first-order valence-electron chi connectivity index (χ1n) is 17.7. The van der Waals surface area contributed by atoms with Gasteiger partial charge in [-0.2, -0.15) is 11.8 Å². The van der Waals surface area contributed by atoms with Crippen molar-refractivity contribution in [1.82, 2.24) is 26.1 Å². The van der Waals surface area contributed by atoms with Crippen molar-refractivity contribution in [3.8, 4) is 5.75 Å². The maximum Gasteiger partial charge on any atom is 0.408 e. The van der Waals surface area contributed by atoms with Crippen molar-refractivity contribution in [1.29, 1.82) is 0 Å². The summed E-state index contributed by atoms with van der Waals surface area (Å²) < 4.78 is 11.3. The number of alkyl carbamates (subject to hydrolysis) is 1. The van der Waals surface area contributed by atoms with Gasteiger partial charge in [0.1, 0.15) is 18.4 Å². The van der Waals surface area contributed by atoms with E-state index in [-0.39, 0.29) is 31.9 Å². The van der Waals surface area contributed by atoms with Crippen LogP contribution in [0.15, 0.2) is 116 Å². The average molecular weight is 764 g/mol. The molecule has 0 bridgehead atoms. The molecule has 0 unspecified atom stereocenters. The van der Waals surface area contributed by atoms with Crippen LogP contribution < -0.4 is 20.8 Å². The number of fused-ring (bicyclic) bond motifs is 1. The van der Waals surface area contributed by atoms with Gasteiger partial charge < -0.3 is 25.2 Å². The minimum atomic E-state index is -1.81. The van der Waals surface area contributed by atoms with Crippen LogP contribution in [-0.2, 0) is 38.7 Å². The number of benzene rings is 4. The number of aryl methyl sites for hydroxylation is 2. The lowest BCUT2D eigenvalue weighted by atomic mass is 10.00. The summed E-state index contributed by atoms with van der Waals surface area (Å²) in [5.74, 6) is -1.36. The molecule has 0 saturated carbocycles. The first-order chi connectivity index (χ1) is 26.6. The van der Waals surface area contributed by atoms with E-state index in [0.29, 0.717) is 11.3 Å². The smallest absolute Gasteiger partial charge is 0.408 e. The molecule has 3 atom stereocenters. The van der Waals surface area contributed by atoms with Gasteiger partial charge in [-0.1, -0.05) is 97.1 Å². The highest BCUT2D eigenvalue weighted by molar-refractivity contribution is 7.98. The molecule has 55 heavy (non-hydrogen) atoms. The molecule has 0 fully saturated rings. The van der Waals surface area contributed by atoms with E-state index in [4.69, 9.17) is 9.47 Å². The Balaban J connectivity index is 1.31. The van der Waals surface area contributed by atoms with Crippen LogP contribution >= 0.6 is 11.8 Å². The Morgan fingerprint density at radius 2 is 1.51 bits per heavy atom. The molecule has 0 aliphatic heterocycles. The standard InChI is InChI=1S/C42H45N5O7S/c1-28-12-10-13-29(2)39(28)53-26-37(48)46-47(24-31-16-8-5-9-17-31)41(51)38(49)35(22-30-14-6-4-7-15-30)44-40(50)36(27-55-3)45-42(52)54-25-33-19-11-18-32-23-43-21-20-34(32)33/h4-21,23,35-36,38,49H,22,24-27H2,1-3H3,(H,44,50)(H,45,52)(H,46,48)/t35-,36-,38-/m0/s1. The van der Waals surface area contributed by atoms with Crippen molar-refractivity contribution < 1.29 is 33.8 Å². The number of para-hydroxylation sites is 1. The summed E-state index contributed by atoms with van der Waals surface area (Å²) in [7, 11) is 0. The lowest BCUT2D eigenvalue weighted by molar-refractivity contribution is -0.151. The summed E-state index contributed by atoms with van der Waals surface area (Å²) in [6, 6.07) is 28.9. The molecular formula is C42H45N5O7S. The molecule has 12 nitrogen and oxygen atoms in total. The SMILES string of the molecule is CSC[C@H](NC(=O)OCc1cccc2cnccc12)C(=O)N[C@@H](Cc1ccccc1)[C@H](O)C(=O)N(Cc1ccccc1)NC(=O)COc1c(C)cccc1C. The van der Waals surface area contributed by atoms with Crippen LogP contribution in [0.1, 0.15) is 27.8 Å². The topological polar surface area (TPSA) is 159 Å². The predicted octanol–water partition coefficient (Wildman–Crippen LogP) is 5.04. The van der Waals surface area contributed by atoms with Gasteiger partial charge in [0.25, 0.3) is 11.8 Å². The summed E-state index contributed by atoms with van der Waals surface area (Å²) in [5.41, 5.74) is 6.50. The fraction of sp³-hybridized carbons (Fsp3) is 0.262. The largest absolute Gasteiger partial charge is 0.483 e. The fourth-order valence-corrected chi connectivity index (χ4v) is 6.57. The van der Waals surface area contributed by atoms with E-state index in [0.717, 1.165) is 38.0 Å². The van der Waals surface area contributed by atoms with Gasteiger partial charge in [-0.15, -0.1) is 0 Å². The summed E-state index contributed by atoms with van der Waals surface area (Å²) in [6.45, 7) is 3.24. The molecule has 0 saturated heterocycles. The number of thioether (sulfide) groups is 1. The molecule has 5 rings (SSSR count). The Bertz CT molecular complexity index is 2040. The van der Waals surface area contributed by atoms with Gasteiger partial charge in [-0.25, -0.2) is 9.80 Å². The lowest BCUT2D eigenvalue weighted by Gasteiger charge is -2.31. The van der Waals surface area contributed by atoms with Gasteiger partial charge in [0, 0.05) is 23.5 Å². The zero-order valence-corrected chi connectivity index (χ0v) is 31.8. The molecule has 4 N–H and O–H groups in total. The highest BCUT2D eigenvalue weighted by Gasteiger charge is 2.34. The van der Waals surface area contributed by atoms with E-state index in [1.165, 1.54) is 11.8 Å². The number of nitrogens with one attached hydrogen (secondary N) is 3. The molecular weight excluding hydrogens is 719 g/mol. The van der Waals surface area contributed by atoms with Gasteiger partial charge >= 0.3 is 6.09 Å². The van der Waals surface area contributed by atoms with Crippen LogP contribution in [0.4, 0.5) is 4.79 Å². The van der Waals surface area contributed by atoms with Gasteiger partial charge in [0.15, 0.2) is 12.7 Å². The minimum absolute atomic E-state index is 0.0385. The molecule has 0 aliphatic rings. The maximum absolute atomic E-state index is 14.1. The van der Waals surface area contributed by atoms with E-state index in [1.807, 2.05) is 80.6 Å². The molecule has 5 aromatic rings. The number of aliphatic hydroxyl groups excluding tert-OH is 1. The molecule has 13 heteroatoms. The minimum Gasteiger partial charge on any atom is -0.483 e. The second kappa shape index (κ2) is 20.0. The van der Waals surface area contributed by atoms with Gasteiger partial charge in [0.2, 0.25) is 5.91 Å². The van der Waals surface area contributed by atoms with Gasteiger partial charge in [0.05, 0.1) is 12.6 Å². The Hall–Kier alpha value is -5.92. The molecule has 0 aliphatic carbocycles. The van der Waals surface area contributed by atoms with E-state index in [2.05, 4.69) is 21.0 Å². The normalized spacial score (nSPS) is 12.5. The second-order valence-electron chi connectivity index (χ2n) is 12.9. The van der Waals surface area contributed by atoms with E-state index >= 15 is 0 Å². The van der Waals surface area contributed by atoms with Crippen molar-refractivity contribution in [3.63, 3.8) is 0 Å². The third-order valence-corrected chi connectivity index (χ3v) is 9.46. The molecule has 0 spiro atoms. The van der Waals surface area contributed by atoms with Crippen molar-refractivity contribution in [2.75, 3.05) is 18.6 Å². The van der Waals surface area contributed by atoms with E-state index < -0.39 is 42.0 Å². The Kier molecular flexibility index (Phi) is 14.6. The van der Waals surface area contributed by atoms with Gasteiger partial charge in [-0.3, -0.25) is 24.8 Å². The van der Waals surface area contributed by atoms with Crippen LogP contribution in [0, 0.1) is 13.8 Å². The quantitative estimate of drug-likeness (QED) is 0.101.